The summed E-state index contributed by atoms with van der Waals surface area (Å²) in [6.45, 7) is 1.90. The van der Waals surface area contributed by atoms with Crippen LogP contribution in [-0.4, -0.2) is 38.4 Å². The van der Waals surface area contributed by atoms with Crippen LogP contribution >= 0.6 is 24.0 Å². The molecule has 0 radical (unpaired) electrons. The Bertz CT molecular complexity index is 209. The van der Waals surface area contributed by atoms with Crippen LogP contribution < -0.4 is 10.6 Å². The van der Waals surface area contributed by atoms with Crippen molar-refractivity contribution in [2.24, 2.45) is 4.99 Å². The molecule has 0 saturated heterocycles. The Morgan fingerprint density at radius 3 is 2.35 bits per heavy atom. The molecule has 0 heterocycles. The molecule has 0 saturated carbocycles. The number of aliphatic imine (C=N–C) groups is 1. The maximum atomic E-state index is 11.8. The molecule has 0 aliphatic carbocycles. The molecular formula is C9H18F4IN3. The van der Waals surface area contributed by atoms with Crippen molar-refractivity contribution in [3.05, 3.63) is 0 Å². The normalized spacial score (nSPS) is 11.9. The van der Waals surface area contributed by atoms with E-state index >= 15 is 0 Å². The second-order valence-electron chi connectivity index (χ2n) is 3.10. The fraction of sp³-hybridized carbons (Fsp3) is 0.889. The topological polar surface area (TPSA) is 36.4 Å². The summed E-state index contributed by atoms with van der Waals surface area (Å²) < 4.78 is 47.3. The van der Waals surface area contributed by atoms with Crippen LogP contribution in [0.25, 0.3) is 0 Å². The van der Waals surface area contributed by atoms with Gasteiger partial charge in [-0.05, 0) is 13.3 Å². The van der Waals surface area contributed by atoms with Gasteiger partial charge in [0.1, 0.15) is 0 Å². The molecule has 17 heavy (non-hydrogen) atoms. The zero-order valence-corrected chi connectivity index (χ0v) is 11.9. The minimum absolute atomic E-state index is 0. The number of hydrogen-bond donors (Lipinski definition) is 2. The Labute approximate surface area is 115 Å². The summed E-state index contributed by atoms with van der Waals surface area (Å²) in [5.74, 6) is 0.292. The first-order chi connectivity index (χ1) is 7.49. The van der Waals surface area contributed by atoms with Gasteiger partial charge >= 0.3 is 6.18 Å². The Balaban J connectivity index is 0. The Morgan fingerprint density at radius 1 is 1.24 bits per heavy atom. The van der Waals surface area contributed by atoms with Crippen LogP contribution in [0.3, 0.4) is 0 Å². The standard InChI is InChI=1S/C9H17F4N3.HI/c1-2-14-8(15-6-3-5-10)16-7-4-9(11,12)13;/h2-7H2,1H3,(H2,14,15,16);1H. The Kier molecular flexibility index (Phi) is 12.2. The molecule has 0 unspecified atom stereocenters. The Morgan fingerprint density at radius 2 is 1.88 bits per heavy atom. The zero-order chi connectivity index (χ0) is 12.4. The molecule has 0 amide bonds. The summed E-state index contributed by atoms with van der Waals surface area (Å²) in [7, 11) is 0. The van der Waals surface area contributed by atoms with Crippen LogP contribution in [0.1, 0.15) is 19.8 Å². The third-order valence-corrected chi connectivity index (χ3v) is 1.61. The van der Waals surface area contributed by atoms with Crippen molar-refractivity contribution in [2.75, 3.05) is 26.3 Å². The molecule has 0 aliphatic rings. The average Bonchev–Trinajstić information content (AvgIpc) is 2.16. The molecule has 8 heteroatoms. The summed E-state index contributed by atoms with van der Waals surface area (Å²) in [4.78, 5) is 3.91. The van der Waals surface area contributed by atoms with Crippen molar-refractivity contribution in [1.82, 2.24) is 10.6 Å². The largest absolute Gasteiger partial charge is 0.390 e. The molecule has 0 aromatic carbocycles. The van der Waals surface area contributed by atoms with E-state index in [0.29, 0.717) is 12.5 Å². The van der Waals surface area contributed by atoms with Crippen LogP contribution in [0.4, 0.5) is 17.6 Å². The van der Waals surface area contributed by atoms with E-state index in [0.717, 1.165) is 0 Å². The highest BCUT2D eigenvalue weighted by Crippen LogP contribution is 2.17. The molecule has 0 aromatic heterocycles. The summed E-state index contributed by atoms with van der Waals surface area (Å²) in [5.41, 5.74) is 0. The molecule has 0 aliphatic heterocycles. The highest BCUT2D eigenvalue weighted by atomic mass is 127. The molecule has 0 aromatic rings. The quantitative estimate of drug-likeness (QED) is 0.248. The minimum Gasteiger partial charge on any atom is -0.357 e. The van der Waals surface area contributed by atoms with Crippen molar-refractivity contribution >= 4 is 29.9 Å². The number of hydrogen-bond acceptors (Lipinski definition) is 1. The van der Waals surface area contributed by atoms with Gasteiger partial charge in [-0.1, -0.05) is 0 Å². The summed E-state index contributed by atoms with van der Waals surface area (Å²) in [6.07, 6.45) is -4.82. The fourth-order valence-corrected chi connectivity index (χ4v) is 0.915. The lowest BCUT2D eigenvalue weighted by Crippen LogP contribution is -2.39. The Hall–Kier alpha value is -0.280. The van der Waals surface area contributed by atoms with Gasteiger partial charge in [-0.3, -0.25) is 9.38 Å². The van der Waals surface area contributed by atoms with E-state index in [1.807, 2.05) is 0 Å². The maximum Gasteiger partial charge on any atom is 0.390 e. The van der Waals surface area contributed by atoms with E-state index in [4.69, 9.17) is 0 Å². The predicted octanol–water partition coefficient (Wildman–Crippen LogP) is 2.47. The predicted molar refractivity (Wildman–Crippen MR) is 70.7 cm³/mol. The number of nitrogens with zero attached hydrogens (tertiary/aromatic N) is 1. The van der Waals surface area contributed by atoms with Gasteiger partial charge in [-0.2, -0.15) is 13.2 Å². The van der Waals surface area contributed by atoms with Crippen LogP contribution in [0.5, 0.6) is 0 Å². The van der Waals surface area contributed by atoms with Gasteiger partial charge in [0, 0.05) is 19.6 Å². The van der Waals surface area contributed by atoms with Gasteiger partial charge in [0.25, 0.3) is 0 Å². The minimum atomic E-state index is -4.18. The summed E-state index contributed by atoms with van der Waals surface area (Å²) in [5, 5.41) is 5.31. The van der Waals surface area contributed by atoms with Gasteiger partial charge in [-0.25, -0.2) is 0 Å². The van der Waals surface area contributed by atoms with Crippen LogP contribution in [0.2, 0.25) is 0 Å². The van der Waals surface area contributed by atoms with E-state index < -0.39 is 19.3 Å². The van der Waals surface area contributed by atoms with Crippen LogP contribution in [-0.2, 0) is 0 Å². The van der Waals surface area contributed by atoms with Gasteiger partial charge in [-0.15, -0.1) is 24.0 Å². The summed E-state index contributed by atoms with van der Waals surface area (Å²) >= 11 is 0. The fourth-order valence-electron chi connectivity index (χ4n) is 0.915. The van der Waals surface area contributed by atoms with E-state index in [9.17, 15) is 17.6 Å². The first kappa shape index (κ1) is 19.1. The van der Waals surface area contributed by atoms with Crippen molar-refractivity contribution in [3.8, 4) is 0 Å². The lowest BCUT2D eigenvalue weighted by molar-refractivity contribution is -0.132. The van der Waals surface area contributed by atoms with Gasteiger partial charge in [0.15, 0.2) is 5.96 Å². The molecule has 104 valence electrons. The van der Waals surface area contributed by atoms with Crippen molar-refractivity contribution in [2.45, 2.75) is 25.9 Å². The third kappa shape index (κ3) is 13.7. The molecule has 0 bridgehead atoms. The molecule has 3 nitrogen and oxygen atoms in total. The first-order valence-electron chi connectivity index (χ1n) is 5.14. The number of guanidine groups is 1. The average molecular weight is 371 g/mol. The van der Waals surface area contributed by atoms with Crippen molar-refractivity contribution in [1.29, 1.82) is 0 Å². The number of halogens is 5. The molecule has 0 spiro atoms. The van der Waals surface area contributed by atoms with Crippen molar-refractivity contribution < 1.29 is 17.6 Å². The number of rotatable bonds is 6. The van der Waals surface area contributed by atoms with Crippen LogP contribution in [0.15, 0.2) is 4.99 Å². The van der Waals surface area contributed by atoms with Crippen LogP contribution in [0, 0.1) is 0 Å². The second kappa shape index (κ2) is 10.8. The molecular weight excluding hydrogens is 353 g/mol. The monoisotopic (exact) mass is 371 g/mol. The smallest absolute Gasteiger partial charge is 0.357 e. The van der Waals surface area contributed by atoms with E-state index in [2.05, 4.69) is 15.6 Å². The highest BCUT2D eigenvalue weighted by molar-refractivity contribution is 14.0. The molecule has 0 atom stereocenters. The lowest BCUT2D eigenvalue weighted by atomic mass is 10.4. The van der Waals surface area contributed by atoms with Crippen molar-refractivity contribution in [3.63, 3.8) is 0 Å². The number of nitrogens with one attached hydrogen (secondary N) is 2. The summed E-state index contributed by atoms with van der Waals surface area (Å²) in [6, 6.07) is 0. The third-order valence-electron chi connectivity index (χ3n) is 1.61. The van der Waals surface area contributed by atoms with Gasteiger partial charge in [0.05, 0.1) is 13.1 Å². The van der Waals surface area contributed by atoms with E-state index in [-0.39, 0.29) is 43.5 Å². The van der Waals surface area contributed by atoms with E-state index in [1.165, 1.54) is 0 Å². The second-order valence-corrected chi connectivity index (χ2v) is 3.10. The molecule has 0 fully saturated rings. The lowest BCUT2D eigenvalue weighted by Gasteiger charge is -2.12. The molecule has 2 N–H and O–H groups in total. The number of alkyl halides is 4. The molecule has 0 rings (SSSR count). The zero-order valence-electron chi connectivity index (χ0n) is 9.61. The van der Waals surface area contributed by atoms with Gasteiger partial charge in [0.2, 0.25) is 0 Å². The van der Waals surface area contributed by atoms with E-state index in [1.54, 1.807) is 6.92 Å². The highest BCUT2D eigenvalue weighted by Gasteiger charge is 2.26. The SMILES string of the molecule is CCNC(=NCCCF)NCCC(F)(F)F.I. The maximum absolute atomic E-state index is 11.8. The van der Waals surface area contributed by atoms with Gasteiger partial charge < -0.3 is 10.6 Å². The first-order valence-corrected chi connectivity index (χ1v) is 5.14.